The molecule has 0 aliphatic rings. The number of halogens is 2. The summed E-state index contributed by atoms with van der Waals surface area (Å²) in [5.74, 6) is -1.30. The molecule has 0 radical (unpaired) electrons. The highest BCUT2D eigenvalue weighted by atomic mass is 35.5. The quantitative estimate of drug-likeness (QED) is 0.834. The summed E-state index contributed by atoms with van der Waals surface area (Å²) < 4.78 is 4.72. The number of carboxylic acids is 1. The monoisotopic (exact) mass is 303 g/mol. The first-order valence-electron chi connectivity index (χ1n) is 5.12. The van der Waals surface area contributed by atoms with E-state index in [0.717, 1.165) is 0 Å². The van der Waals surface area contributed by atoms with Gasteiger partial charge in [-0.25, -0.2) is 9.59 Å². The molecule has 0 aliphatic heterocycles. The van der Waals surface area contributed by atoms with E-state index in [4.69, 9.17) is 33.0 Å². The van der Waals surface area contributed by atoms with Gasteiger partial charge in [0.15, 0.2) is 0 Å². The van der Waals surface area contributed by atoms with Gasteiger partial charge in [-0.15, -0.1) is 0 Å². The second-order valence-corrected chi connectivity index (χ2v) is 4.56. The number of hydrogen-bond acceptors (Lipinski definition) is 3. The Bertz CT molecular complexity index is 516. The summed E-state index contributed by atoms with van der Waals surface area (Å²) in [6, 6.07) is 4.44. The number of hydrogen-bond donors (Lipinski definition) is 2. The van der Waals surface area contributed by atoms with Crippen LogP contribution in [0.1, 0.15) is 6.92 Å². The Morgan fingerprint density at radius 3 is 2.53 bits per heavy atom. The molecule has 5 nitrogen and oxygen atoms in total. The molecule has 0 fully saturated rings. The second-order valence-electron chi connectivity index (χ2n) is 3.72. The largest absolute Gasteiger partial charge is 0.478 e. The SMILES string of the molecule is C=C(C)C(OC(=O)Nc1ccc(Cl)cc1Cl)C(=O)O. The molecule has 0 saturated carbocycles. The molecule has 102 valence electrons. The zero-order valence-electron chi connectivity index (χ0n) is 9.94. The second kappa shape index (κ2) is 6.45. The zero-order chi connectivity index (χ0) is 14.6. The van der Waals surface area contributed by atoms with Crippen LogP contribution in [0.4, 0.5) is 10.5 Å². The van der Waals surface area contributed by atoms with E-state index in [9.17, 15) is 9.59 Å². The summed E-state index contributed by atoms with van der Waals surface area (Å²) in [6.07, 6.45) is -2.36. The minimum atomic E-state index is -1.41. The molecule has 0 spiro atoms. The Morgan fingerprint density at radius 1 is 1.42 bits per heavy atom. The molecule has 1 unspecified atom stereocenters. The fourth-order valence-corrected chi connectivity index (χ4v) is 1.65. The summed E-state index contributed by atoms with van der Waals surface area (Å²) in [5, 5.41) is 11.8. The Labute approximate surface area is 119 Å². The molecule has 1 atom stereocenters. The van der Waals surface area contributed by atoms with E-state index in [0.29, 0.717) is 5.02 Å². The predicted octanol–water partition coefficient (Wildman–Crippen LogP) is 3.57. The summed E-state index contributed by atoms with van der Waals surface area (Å²) in [4.78, 5) is 22.4. The molecule has 0 saturated heterocycles. The number of ether oxygens (including phenoxy) is 1. The molecule has 1 aromatic carbocycles. The number of nitrogens with one attached hydrogen (secondary N) is 1. The average molecular weight is 304 g/mol. The van der Waals surface area contributed by atoms with Crippen LogP contribution in [0.15, 0.2) is 30.4 Å². The van der Waals surface area contributed by atoms with Gasteiger partial charge in [-0.05, 0) is 30.7 Å². The van der Waals surface area contributed by atoms with Crippen molar-refractivity contribution >= 4 is 41.0 Å². The number of benzene rings is 1. The van der Waals surface area contributed by atoms with E-state index in [-0.39, 0.29) is 16.3 Å². The minimum absolute atomic E-state index is 0.199. The Hall–Kier alpha value is -1.72. The van der Waals surface area contributed by atoms with Crippen LogP contribution in [0.3, 0.4) is 0 Å². The van der Waals surface area contributed by atoms with Crippen molar-refractivity contribution in [3.05, 3.63) is 40.4 Å². The van der Waals surface area contributed by atoms with Crippen LogP contribution in [-0.2, 0) is 9.53 Å². The average Bonchev–Trinajstić information content (AvgIpc) is 2.29. The van der Waals surface area contributed by atoms with Gasteiger partial charge in [0, 0.05) is 5.02 Å². The van der Waals surface area contributed by atoms with Gasteiger partial charge in [0.05, 0.1) is 10.7 Å². The van der Waals surface area contributed by atoms with Crippen LogP contribution < -0.4 is 5.32 Å². The topological polar surface area (TPSA) is 75.6 Å². The maximum atomic E-state index is 11.5. The van der Waals surface area contributed by atoms with Gasteiger partial charge in [-0.2, -0.15) is 0 Å². The van der Waals surface area contributed by atoms with Crippen molar-refractivity contribution in [3.63, 3.8) is 0 Å². The Morgan fingerprint density at radius 2 is 2.05 bits per heavy atom. The Kier molecular flexibility index (Phi) is 5.20. The number of aliphatic carboxylic acids is 1. The smallest absolute Gasteiger partial charge is 0.412 e. The van der Waals surface area contributed by atoms with Crippen molar-refractivity contribution in [2.45, 2.75) is 13.0 Å². The molecule has 1 rings (SSSR count). The lowest BCUT2D eigenvalue weighted by atomic mass is 10.2. The van der Waals surface area contributed by atoms with Crippen LogP contribution >= 0.6 is 23.2 Å². The van der Waals surface area contributed by atoms with E-state index >= 15 is 0 Å². The maximum Gasteiger partial charge on any atom is 0.412 e. The van der Waals surface area contributed by atoms with Crippen LogP contribution in [0.25, 0.3) is 0 Å². The molecule has 19 heavy (non-hydrogen) atoms. The van der Waals surface area contributed by atoms with Gasteiger partial charge < -0.3 is 9.84 Å². The van der Waals surface area contributed by atoms with Crippen LogP contribution in [0.2, 0.25) is 10.0 Å². The number of carbonyl (C=O) groups is 2. The highest BCUT2D eigenvalue weighted by molar-refractivity contribution is 6.36. The van der Waals surface area contributed by atoms with Gasteiger partial charge in [0.2, 0.25) is 6.10 Å². The van der Waals surface area contributed by atoms with Gasteiger partial charge in [0.1, 0.15) is 0 Å². The lowest BCUT2D eigenvalue weighted by molar-refractivity contribution is -0.144. The third-order valence-corrected chi connectivity index (χ3v) is 2.61. The summed E-state index contributed by atoms with van der Waals surface area (Å²) in [6.45, 7) is 4.88. The van der Waals surface area contributed by atoms with E-state index in [1.807, 2.05) is 0 Å². The van der Waals surface area contributed by atoms with Crippen molar-refractivity contribution in [2.24, 2.45) is 0 Å². The first kappa shape index (κ1) is 15.3. The van der Waals surface area contributed by atoms with Crippen LogP contribution in [-0.4, -0.2) is 23.3 Å². The van der Waals surface area contributed by atoms with Gasteiger partial charge >= 0.3 is 12.1 Å². The first-order valence-corrected chi connectivity index (χ1v) is 5.87. The fraction of sp³-hybridized carbons (Fsp3) is 0.167. The summed E-state index contributed by atoms with van der Waals surface area (Å²) in [5.41, 5.74) is 0.465. The fourth-order valence-electron chi connectivity index (χ4n) is 1.20. The van der Waals surface area contributed by atoms with Gasteiger partial charge in [0.25, 0.3) is 0 Å². The molecule has 1 amide bonds. The third-order valence-electron chi connectivity index (χ3n) is 2.06. The van der Waals surface area contributed by atoms with Crippen molar-refractivity contribution in [3.8, 4) is 0 Å². The highest BCUT2D eigenvalue weighted by Crippen LogP contribution is 2.25. The number of rotatable bonds is 4. The first-order chi connectivity index (χ1) is 8.81. The molecule has 2 N–H and O–H groups in total. The molecule has 0 heterocycles. The van der Waals surface area contributed by atoms with E-state index in [2.05, 4.69) is 11.9 Å². The van der Waals surface area contributed by atoms with Crippen molar-refractivity contribution in [1.82, 2.24) is 0 Å². The molecule has 0 aliphatic carbocycles. The van der Waals surface area contributed by atoms with Crippen LogP contribution in [0, 0.1) is 0 Å². The molecule has 1 aromatic rings. The zero-order valence-corrected chi connectivity index (χ0v) is 11.5. The molecular weight excluding hydrogens is 293 g/mol. The molecule has 0 aromatic heterocycles. The minimum Gasteiger partial charge on any atom is -0.478 e. The van der Waals surface area contributed by atoms with Gasteiger partial charge in [-0.3, -0.25) is 5.32 Å². The van der Waals surface area contributed by atoms with Crippen LogP contribution in [0.5, 0.6) is 0 Å². The number of carbonyl (C=O) groups excluding carboxylic acids is 1. The van der Waals surface area contributed by atoms with Crippen molar-refractivity contribution in [2.75, 3.05) is 5.32 Å². The number of amides is 1. The van der Waals surface area contributed by atoms with E-state index < -0.39 is 18.2 Å². The number of anilines is 1. The standard InChI is InChI=1S/C12H11Cl2NO4/c1-6(2)10(11(16)17)19-12(18)15-9-4-3-7(13)5-8(9)14/h3-5,10H,1H2,2H3,(H,15,18)(H,16,17). The molecular formula is C12H11Cl2NO4. The summed E-state index contributed by atoms with van der Waals surface area (Å²) >= 11 is 11.5. The van der Waals surface area contributed by atoms with Crippen molar-refractivity contribution in [1.29, 1.82) is 0 Å². The van der Waals surface area contributed by atoms with E-state index in [1.54, 1.807) is 0 Å². The maximum absolute atomic E-state index is 11.5. The normalized spacial score (nSPS) is 11.5. The van der Waals surface area contributed by atoms with Gasteiger partial charge in [-0.1, -0.05) is 29.8 Å². The highest BCUT2D eigenvalue weighted by Gasteiger charge is 2.23. The lowest BCUT2D eigenvalue weighted by Crippen LogP contribution is -2.30. The molecule has 0 bridgehead atoms. The van der Waals surface area contributed by atoms with E-state index in [1.165, 1.54) is 25.1 Å². The summed E-state index contributed by atoms with van der Waals surface area (Å²) in [7, 11) is 0. The predicted molar refractivity (Wildman–Crippen MR) is 72.8 cm³/mol. The third kappa shape index (κ3) is 4.46. The molecule has 7 heteroatoms. The lowest BCUT2D eigenvalue weighted by Gasteiger charge is -2.14. The Balaban J connectivity index is 2.74. The van der Waals surface area contributed by atoms with Crippen molar-refractivity contribution < 1.29 is 19.4 Å². The number of carboxylic acid groups (broad SMARTS) is 1.